The summed E-state index contributed by atoms with van der Waals surface area (Å²) in [5.74, 6) is 1.18. The van der Waals surface area contributed by atoms with Crippen LogP contribution >= 0.6 is 0 Å². The summed E-state index contributed by atoms with van der Waals surface area (Å²) in [6, 6.07) is 9.38. The van der Waals surface area contributed by atoms with E-state index >= 15 is 0 Å². The van der Waals surface area contributed by atoms with E-state index in [1.807, 2.05) is 13.8 Å². The zero-order valence-corrected chi connectivity index (χ0v) is 11.6. The molecule has 0 aliphatic rings. The molecular formula is C15H18N2O2. The average Bonchev–Trinajstić information content (AvgIpc) is 2.43. The Morgan fingerprint density at radius 3 is 2.53 bits per heavy atom. The molecule has 1 aromatic rings. The molecule has 0 aromatic heterocycles. The number of methoxy groups -OCH3 is 1. The van der Waals surface area contributed by atoms with Gasteiger partial charge in [0.05, 0.1) is 36.8 Å². The summed E-state index contributed by atoms with van der Waals surface area (Å²) in [6.45, 7) is 4.35. The van der Waals surface area contributed by atoms with E-state index in [1.54, 1.807) is 25.3 Å². The largest absolute Gasteiger partial charge is 0.493 e. The highest BCUT2D eigenvalue weighted by molar-refractivity contribution is 5.46. The van der Waals surface area contributed by atoms with Crippen molar-refractivity contribution in [2.45, 2.75) is 26.7 Å². The molecule has 0 fully saturated rings. The third kappa shape index (κ3) is 4.52. The first-order valence-electron chi connectivity index (χ1n) is 6.14. The number of nitriles is 2. The van der Waals surface area contributed by atoms with E-state index < -0.39 is 0 Å². The van der Waals surface area contributed by atoms with Gasteiger partial charge in [0.25, 0.3) is 0 Å². The minimum atomic E-state index is -0.321. The molecule has 100 valence electrons. The Labute approximate surface area is 114 Å². The third-order valence-electron chi connectivity index (χ3n) is 2.80. The molecule has 0 saturated carbocycles. The van der Waals surface area contributed by atoms with Crippen molar-refractivity contribution in [2.24, 2.45) is 5.41 Å². The highest BCUT2D eigenvalue weighted by atomic mass is 16.5. The van der Waals surface area contributed by atoms with E-state index in [0.29, 0.717) is 23.7 Å². The smallest absolute Gasteiger partial charge is 0.162 e. The van der Waals surface area contributed by atoms with Crippen LogP contribution in [0.3, 0.4) is 0 Å². The van der Waals surface area contributed by atoms with Crippen LogP contribution in [0.15, 0.2) is 18.2 Å². The lowest BCUT2D eigenvalue weighted by molar-refractivity contribution is 0.270. The number of hydrogen-bond donors (Lipinski definition) is 0. The lowest BCUT2D eigenvalue weighted by Gasteiger charge is -2.15. The Balaban J connectivity index is 2.55. The van der Waals surface area contributed by atoms with Gasteiger partial charge in [-0.15, -0.1) is 0 Å². The van der Waals surface area contributed by atoms with Crippen molar-refractivity contribution in [3.63, 3.8) is 0 Å². The summed E-state index contributed by atoms with van der Waals surface area (Å²) in [5.41, 5.74) is 0.216. The second kappa shape index (κ2) is 6.66. The first-order chi connectivity index (χ1) is 9.02. The van der Waals surface area contributed by atoms with E-state index in [0.717, 1.165) is 12.8 Å². The van der Waals surface area contributed by atoms with Gasteiger partial charge in [-0.05, 0) is 38.8 Å². The monoisotopic (exact) mass is 258 g/mol. The Kier molecular flexibility index (Phi) is 5.21. The third-order valence-corrected chi connectivity index (χ3v) is 2.80. The van der Waals surface area contributed by atoms with Crippen molar-refractivity contribution in [3.05, 3.63) is 23.8 Å². The van der Waals surface area contributed by atoms with Gasteiger partial charge in [0.15, 0.2) is 11.5 Å². The van der Waals surface area contributed by atoms with Crippen molar-refractivity contribution in [3.8, 4) is 23.6 Å². The summed E-state index contributed by atoms with van der Waals surface area (Å²) in [4.78, 5) is 0. The minimum absolute atomic E-state index is 0.321. The van der Waals surface area contributed by atoms with Gasteiger partial charge in [-0.2, -0.15) is 10.5 Å². The fourth-order valence-corrected chi connectivity index (χ4v) is 1.61. The molecule has 0 saturated heterocycles. The molecule has 0 bridgehead atoms. The topological polar surface area (TPSA) is 66.0 Å². The molecule has 0 unspecified atom stereocenters. The van der Waals surface area contributed by atoms with Crippen LogP contribution in [0.2, 0.25) is 0 Å². The minimum Gasteiger partial charge on any atom is -0.493 e. The summed E-state index contributed by atoms with van der Waals surface area (Å²) < 4.78 is 10.8. The van der Waals surface area contributed by atoms with Gasteiger partial charge in [-0.25, -0.2) is 0 Å². The van der Waals surface area contributed by atoms with Gasteiger partial charge in [0, 0.05) is 6.07 Å². The van der Waals surface area contributed by atoms with E-state index in [4.69, 9.17) is 20.0 Å². The Morgan fingerprint density at radius 2 is 1.95 bits per heavy atom. The van der Waals surface area contributed by atoms with Gasteiger partial charge in [0.2, 0.25) is 0 Å². The normalized spacial score (nSPS) is 10.4. The number of benzene rings is 1. The summed E-state index contributed by atoms with van der Waals surface area (Å²) in [7, 11) is 1.54. The molecule has 0 spiro atoms. The van der Waals surface area contributed by atoms with Crippen molar-refractivity contribution in [2.75, 3.05) is 13.7 Å². The highest BCUT2D eigenvalue weighted by Crippen LogP contribution is 2.28. The van der Waals surface area contributed by atoms with Gasteiger partial charge in [0.1, 0.15) is 0 Å². The number of rotatable bonds is 6. The van der Waals surface area contributed by atoms with Gasteiger partial charge >= 0.3 is 0 Å². The van der Waals surface area contributed by atoms with E-state index in [1.165, 1.54) is 0 Å². The fraction of sp³-hybridized carbons (Fsp3) is 0.467. The molecule has 0 atom stereocenters. The summed E-state index contributed by atoms with van der Waals surface area (Å²) >= 11 is 0. The zero-order valence-electron chi connectivity index (χ0n) is 11.6. The number of nitrogens with zero attached hydrogens (tertiary/aromatic N) is 2. The molecule has 0 radical (unpaired) electrons. The van der Waals surface area contributed by atoms with E-state index in [2.05, 4.69) is 12.1 Å². The van der Waals surface area contributed by atoms with E-state index in [9.17, 15) is 0 Å². The van der Waals surface area contributed by atoms with Crippen LogP contribution in [0.25, 0.3) is 0 Å². The van der Waals surface area contributed by atoms with Crippen LogP contribution in [0.4, 0.5) is 0 Å². The molecule has 4 heteroatoms. The van der Waals surface area contributed by atoms with Crippen molar-refractivity contribution < 1.29 is 9.47 Å². The maximum absolute atomic E-state index is 8.91. The average molecular weight is 258 g/mol. The zero-order chi connectivity index (χ0) is 14.3. The molecule has 4 nitrogen and oxygen atoms in total. The standard InChI is InChI=1S/C15H18N2O2/c1-15(2,11-17)7-4-8-19-13-6-5-12(10-16)9-14(13)18-3/h5-6,9H,4,7-8H2,1-3H3. The molecule has 0 N–H and O–H groups in total. The highest BCUT2D eigenvalue weighted by Gasteiger charge is 2.16. The first kappa shape index (κ1) is 14.9. The molecule has 0 amide bonds. The van der Waals surface area contributed by atoms with Crippen LogP contribution in [0.1, 0.15) is 32.3 Å². The van der Waals surface area contributed by atoms with Crippen molar-refractivity contribution in [1.29, 1.82) is 10.5 Å². The maximum Gasteiger partial charge on any atom is 0.162 e. The maximum atomic E-state index is 8.91. The van der Waals surface area contributed by atoms with Crippen molar-refractivity contribution in [1.82, 2.24) is 0 Å². The van der Waals surface area contributed by atoms with E-state index in [-0.39, 0.29) is 5.41 Å². The number of ether oxygens (including phenoxy) is 2. The fourth-order valence-electron chi connectivity index (χ4n) is 1.61. The van der Waals surface area contributed by atoms with Crippen LogP contribution in [-0.2, 0) is 0 Å². The lowest BCUT2D eigenvalue weighted by Crippen LogP contribution is -2.10. The van der Waals surface area contributed by atoms with Crippen LogP contribution < -0.4 is 9.47 Å². The molecule has 19 heavy (non-hydrogen) atoms. The van der Waals surface area contributed by atoms with Crippen LogP contribution in [0, 0.1) is 28.1 Å². The predicted molar refractivity (Wildman–Crippen MR) is 71.8 cm³/mol. The molecule has 0 aliphatic carbocycles. The molecule has 0 heterocycles. The Hall–Kier alpha value is -2.20. The lowest BCUT2D eigenvalue weighted by atomic mass is 9.90. The SMILES string of the molecule is COc1cc(C#N)ccc1OCCCC(C)(C)C#N. The van der Waals surface area contributed by atoms with Gasteiger partial charge < -0.3 is 9.47 Å². The summed E-state index contributed by atoms with van der Waals surface area (Å²) in [5, 5.41) is 17.7. The molecule has 1 rings (SSSR count). The Bertz CT molecular complexity index is 510. The quantitative estimate of drug-likeness (QED) is 0.734. The molecular weight excluding hydrogens is 240 g/mol. The second-order valence-electron chi connectivity index (χ2n) is 4.93. The number of hydrogen-bond acceptors (Lipinski definition) is 4. The summed E-state index contributed by atoms with van der Waals surface area (Å²) in [6.07, 6.45) is 1.58. The van der Waals surface area contributed by atoms with Gasteiger partial charge in [-0.1, -0.05) is 0 Å². The first-order valence-corrected chi connectivity index (χ1v) is 6.14. The predicted octanol–water partition coefficient (Wildman–Crippen LogP) is 3.28. The van der Waals surface area contributed by atoms with Gasteiger partial charge in [-0.3, -0.25) is 0 Å². The van der Waals surface area contributed by atoms with Crippen LogP contribution in [0.5, 0.6) is 11.5 Å². The molecule has 0 aliphatic heterocycles. The Morgan fingerprint density at radius 1 is 1.21 bits per heavy atom. The molecule has 1 aromatic carbocycles. The second-order valence-corrected chi connectivity index (χ2v) is 4.93. The van der Waals surface area contributed by atoms with Crippen molar-refractivity contribution >= 4 is 0 Å². The van der Waals surface area contributed by atoms with Crippen LogP contribution in [-0.4, -0.2) is 13.7 Å².